The largest absolute Gasteiger partial charge is 0.457 e. The van der Waals surface area contributed by atoms with E-state index in [1.807, 2.05) is 34.6 Å². The Hall–Kier alpha value is -4.35. The summed E-state index contributed by atoms with van der Waals surface area (Å²) in [6.07, 6.45) is -8.39. The fourth-order valence-corrected chi connectivity index (χ4v) is 11.1. The third-order valence-corrected chi connectivity index (χ3v) is 13.5. The summed E-state index contributed by atoms with van der Waals surface area (Å²) in [6, 6.07) is 7.15. The number of amides is 1. The number of esters is 4. The Morgan fingerprint density at radius 2 is 1.59 bits per heavy atom. The highest BCUT2D eigenvalue weighted by Crippen LogP contribution is 2.70. The number of aliphatic hydroxyl groups is 2. The van der Waals surface area contributed by atoms with Gasteiger partial charge in [0.25, 0.3) is 0 Å². The standard InChI is InChI=1S/C48H67NO15/c1-24(2)19-30(49-43(55)64-44(8,9)10)36(52)42(54)59-31-22-47(45(11,12)56)35(26(31)5)37(58-27(6)50)39-46(13)32(60-34(61-39)20-25(3)4)21-33-48(23-57-33,63-28(7)51)38(46)40(47)62-41(53)29-17-15-14-16-18-29/h14-18,20,24,30-34,36-40,52,56H,19,21-23H2,1-13H3,(H,49,55)/t30-,31-,32-,33+,34-,36+,37-,38-,39-,40-,46+,47-,48-/m0/s1. The van der Waals surface area contributed by atoms with Gasteiger partial charge >= 0.3 is 30.0 Å². The molecule has 64 heavy (non-hydrogen) atoms. The second-order valence-corrected chi connectivity index (χ2v) is 20.5. The summed E-state index contributed by atoms with van der Waals surface area (Å²) in [5, 5.41) is 27.3. The van der Waals surface area contributed by atoms with Gasteiger partial charge in [-0.25, -0.2) is 14.4 Å². The number of ether oxygens (including phenoxy) is 8. The highest BCUT2D eigenvalue weighted by atomic mass is 16.7. The van der Waals surface area contributed by atoms with Gasteiger partial charge in [-0.05, 0) is 97.1 Å². The van der Waals surface area contributed by atoms with Gasteiger partial charge in [0.15, 0.2) is 24.1 Å². The summed E-state index contributed by atoms with van der Waals surface area (Å²) >= 11 is 0. The van der Waals surface area contributed by atoms with Crippen molar-refractivity contribution in [2.45, 2.75) is 181 Å². The molecule has 1 aromatic carbocycles. The van der Waals surface area contributed by atoms with Crippen LogP contribution in [-0.4, -0.2) is 119 Å². The van der Waals surface area contributed by atoms with Crippen LogP contribution < -0.4 is 5.32 Å². The van der Waals surface area contributed by atoms with E-state index in [1.54, 1.807) is 64.1 Å². The lowest BCUT2D eigenvalue weighted by molar-refractivity contribution is -0.392. The third kappa shape index (κ3) is 8.97. The molecule has 13 atom stereocenters. The van der Waals surface area contributed by atoms with E-state index in [2.05, 4.69) is 5.32 Å². The van der Waals surface area contributed by atoms with E-state index >= 15 is 0 Å². The van der Waals surface area contributed by atoms with Crippen LogP contribution in [-0.2, 0) is 52.3 Å². The molecule has 3 N–H and O–H groups in total. The molecular formula is C48H67NO15. The van der Waals surface area contributed by atoms with Crippen LogP contribution in [0.25, 0.3) is 0 Å². The van der Waals surface area contributed by atoms with Gasteiger partial charge in [0.05, 0.1) is 41.3 Å². The molecule has 0 radical (unpaired) electrons. The molecule has 0 aromatic heterocycles. The van der Waals surface area contributed by atoms with Gasteiger partial charge in [-0.1, -0.05) is 44.5 Å². The maximum absolute atomic E-state index is 14.7. The molecule has 2 heterocycles. The lowest BCUT2D eigenvalue weighted by Gasteiger charge is -2.67. The van der Waals surface area contributed by atoms with Crippen molar-refractivity contribution in [3.05, 3.63) is 58.7 Å². The third-order valence-electron chi connectivity index (χ3n) is 13.5. The van der Waals surface area contributed by atoms with E-state index in [0.29, 0.717) is 5.57 Å². The van der Waals surface area contributed by atoms with E-state index in [-0.39, 0.29) is 42.9 Å². The summed E-state index contributed by atoms with van der Waals surface area (Å²) in [5.41, 5.74) is -5.71. The molecule has 354 valence electrons. The Labute approximate surface area is 375 Å². The average molecular weight is 898 g/mol. The molecule has 16 nitrogen and oxygen atoms in total. The number of aliphatic hydroxyl groups excluding tert-OH is 1. The number of benzene rings is 1. The minimum absolute atomic E-state index is 0.0838. The Balaban J connectivity index is 1.59. The van der Waals surface area contributed by atoms with Crippen molar-refractivity contribution in [1.82, 2.24) is 5.32 Å². The first kappa shape index (κ1) is 49.1. The zero-order valence-corrected chi connectivity index (χ0v) is 39.3. The first-order chi connectivity index (χ1) is 29.7. The lowest BCUT2D eigenvalue weighted by atomic mass is 9.49. The van der Waals surface area contributed by atoms with Crippen LogP contribution in [0.1, 0.15) is 120 Å². The molecule has 0 spiro atoms. The summed E-state index contributed by atoms with van der Waals surface area (Å²) in [6.45, 7) is 21.6. The summed E-state index contributed by atoms with van der Waals surface area (Å²) < 4.78 is 51.2. The second-order valence-electron chi connectivity index (χ2n) is 20.5. The molecule has 1 aromatic rings. The Morgan fingerprint density at radius 3 is 2.12 bits per heavy atom. The SMILES string of the molecule is CC(=O)O[C@H]1C2=C(C)[C@@H](OC(=O)[C@H](O)[C@H](CC(C)C)NC(=O)OC(C)(C)C)C[C@@]2(C(C)(C)O)[C@@H](OC(=O)c2ccccc2)[C@@H]2[C@]3(OC(C)=O)CO[C@@H]3C[C@@H]3O[C@H](C=C(C)C)O[C@@H]1[C@]32C. The fourth-order valence-electron chi connectivity index (χ4n) is 11.1. The van der Waals surface area contributed by atoms with Crippen LogP contribution in [0.15, 0.2) is 53.1 Å². The maximum Gasteiger partial charge on any atom is 0.407 e. The first-order valence-corrected chi connectivity index (χ1v) is 22.2. The number of carbonyl (C=O) groups is 5. The fraction of sp³-hybridized carbons (Fsp3) is 0.688. The van der Waals surface area contributed by atoms with Crippen LogP contribution in [0, 0.1) is 22.7 Å². The summed E-state index contributed by atoms with van der Waals surface area (Å²) in [5.74, 6) is -4.36. The molecule has 5 aliphatic rings. The second kappa shape index (κ2) is 17.8. The molecule has 6 rings (SSSR count). The number of rotatable bonds is 12. The first-order valence-electron chi connectivity index (χ1n) is 22.2. The maximum atomic E-state index is 14.7. The molecule has 0 bridgehead atoms. The van der Waals surface area contributed by atoms with Crippen molar-refractivity contribution < 1.29 is 72.1 Å². The van der Waals surface area contributed by atoms with Gasteiger partial charge < -0.3 is 53.4 Å². The van der Waals surface area contributed by atoms with Crippen LogP contribution >= 0.6 is 0 Å². The van der Waals surface area contributed by atoms with E-state index in [1.165, 1.54) is 27.7 Å². The van der Waals surface area contributed by atoms with Crippen LogP contribution in [0.5, 0.6) is 0 Å². The topological polar surface area (TPSA) is 212 Å². The van der Waals surface area contributed by atoms with E-state index < -0.39 is 119 Å². The molecule has 0 unspecified atom stereocenters. The average Bonchev–Trinajstić information content (AvgIpc) is 3.42. The van der Waals surface area contributed by atoms with Crippen molar-refractivity contribution >= 4 is 30.0 Å². The normalized spacial score (nSPS) is 34.0. The summed E-state index contributed by atoms with van der Waals surface area (Å²) in [7, 11) is 0. The molecule has 1 amide bonds. The number of alkyl carbamates (subject to hydrolysis) is 1. The van der Waals surface area contributed by atoms with Crippen LogP contribution in [0.2, 0.25) is 0 Å². The van der Waals surface area contributed by atoms with Crippen molar-refractivity contribution in [3.63, 3.8) is 0 Å². The van der Waals surface area contributed by atoms with E-state index in [4.69, 9.17) is 37.9 Å². The van der Waals surface area contributed by atoms with Gasteiger partial charge in [-0.15, -0.1) is 0 Å². The van der Waals surface area contributed by atoms with Crippen molar-refractivity contribution in [2.24, 2.45) is 22.7 Å². The monoisotopic (exact) mass is 897 g/mol. The number of hydrogen-bond acceptors (Lipinski definition) is 15. The molecule has 2 saturated carbocycles. The van der Waals surface area contributed by atoms with E-state index in [9.17, 15) is 34.2 Å². The number of allylic oxidation sites excluding steroid dienone is 1. The molecule has 2 aliphatic heterocycles. The predicted octanol–water partition coefficient (Wildman–Crippen LogP) is 5.65. The van der Waals surface area contributed by atoms with Gasteiger partial charge in [0, 0.05) is 32.1 Å². The molecule has 16 heteroatoms. The minimum atomic E-state index is -1.91. The number of fused-ring (bicyclic) bond motifs is 3. The smallest absolute Gasteiger partial charge is 0.407 e. The number of nitrogens with one attached hydrogen (secondary N) is 1. The van der Waals surface area contributed by atoms with Gasteiger partial charge in [-0.2, -0.15) is 0 Å². The zero-order chi connectivity index (χ0) is 47.5. The van der Waals surface area contributed by atoms with Crippen LogP contribution in [0.4, 0.5) is 4.79 Å². The van der Waals surface area contributed by atoms with Crippen molar-refractivity contribution in [3.8, 4) is 0 Å². The Kier molecular flexibility index (Phi) is 13.7. The highest BCUT2D eigenvalue weighted by molar-refractivity contribution is 5.89. The van der Waals surface area contributed by atoms with Crippen molar-refractivity contribution in [1.29, 1.82) is 0 Å². The Bertz CT molecular complexity index is 2030. The van der Waals surface area contributed by atoms with Gasteiger partial charge in [-0.3, -0.25) is 9.59 Å². The Morgan fingerprint density at radius 1 is 0.938 bits per heavy atom. The molecule has 2 saturated heterocycles. The van der Waals surface area contributed by atoms with Crippen molar-refractivity contribution in [2.75, 3.05) is 6.61 Å². The zero-order valence-electron chi connectivity index (χ0n) is 39.3. The van der Waals surface area contributed by atoms with Gasteiger partial charge in [0.2, 0.25) is 0 Å². The van der Waals surface area contributed by atoms with Gasteiger partial charge in [0.1, 0.15) is 30.0 Å². The molecule has 4 fully saturated rings. The summed E-state index contributed by atoms with van der Waals surface area (Å²) in [4.78, 5) is 68.7. The quantitative estimate of drug-likeness (QED) is 0.131. The predicted molar refractivity (Wildman–Crippen MR) is 229 cm³/mol. The lowest BCUT2D eigenvalue weighted by Crippen LogP contribution is -2.80. The highest BCUT2D eigenvalue weighted by Gasteiger charge is 2.81. The molecular weight excluding hydrogens is 831 g/mol. The minimum Gasteiger partial charge on any atom is -0.457 e. The van der Waals surface area contributed by atoms with Crippen LogP contribution in [0.3, 0.4) is 0 Å². The number of carbonyl (C=O) groups excluding carboxylic acids is 5. The van der Waals surface area contributed by atoms with E-state index in [0.717, 1.165) is 5.57 Å². The molecule has 3 aliphatic carbocycles. The number of hydrogen-bond donors (Lipinski definition) is 3.